The molecule has 2 nitrogen and oxygen atoms in total. The SMILES string of the molecule is CC(NC1CCN(C2CC2)CC1)C(C)(C)C. The minimum Gasteiger partial charge on any atom is -0.311 e. The van der Waals surface area contributed by atoms with Gasteiger partial charge < -0.3 is 10.2 Å². The molecule has 0 aromatic rings. The number of nitrogens with zero attached hydrogens (tertiary/aromatic N) is 1. The lowest BCUT2D eigenvalue weighted by Crippen LogP contribution is -2.49. The van der Waals surface area contributed by atoms with Gasteiger partial charge in [-0.15, -0.1) is 0 Å². The Morgan fingerprint density at radius 2 is 1.62 bits per heavy atom. The van der Waals surface area contributed by atoms with Crippen LogP contribution in [0.3, 0.4) is 0 Å². The molecule has 1 heterocycles. The van der Waals surface area contributed by atoms with Gasteiger partial charge in [0.25, 0.3) is 0 Å². The largest absolute Gasteiger partial charge is 0.311 e. The van der Waals surface area contributed by atoms with Crippen LogP contribution in [-0.2, 0) is 0 Å². The Kier molecular flexibility index (Phi) is 3.60. The maximum Gasteiger partial charge on any atom is 0.00964 e. The molecule has 94 valence electrons. The molecule has 2 heteroatoms. The van der Waals surface area contributed by atoms with Crippen LogP contribution in [0.2, 0.25) is 0 Å². The van der Waals surface area contributed by atoms with E-state index in [0.29, 0.717) is 11.5 Å². The van der Waals surface area contributed by atoms with Gasteiger partial charge in [0.1, 0.15) is 0 Å². The third-order valence-corrected chi connectivity index (χ3v) is 4.38. The highest BCUT2D eigenvalue weighted by molar-refractivity contribution is 4.90. The van der Waals surface area contributed by atoms with Crippen molar-refractivity contribution in [1.29, 1.82) is 0 Å². The summed E-state index contributed by atoms with van der Waals surface area (Å²) in [6.45, 7) is 11.9. The third-order valence-electron chi connectivity index (χ3n) is 4.38. The average molecular weight is 224 g/mol. The van der Waals surface area contributed by atoms with Crippen molar-refractivity contribution < 1.29 is 0 Å². The smallest absolute Gasteiger partial charge is 0.00964 e. The number of hydrogen-bond donors (Lipinski definition) is 1. The molecule has 1 aliphatic heterocycles. The first-order valence-electron chi connectivity index (χ1n) is 6.97. The van der Waals surface area contributed by atoms with Crippen molar-refractivity contribution in [2.45, 2.75) is 71.5 Å². The molecule has 0 aromatic heterocycles. The lowest BCUT2D eigenvalue weighted by Gasteiger charge is -2.37. The molecule has 0 amide bonds. The Labute approximate surface area is 101 Å². The molecule has 0 spiro atoms. The zero-order chi connectivity index (χ0) is 11.8. The molecular formula is C14H28N2. The molecule has 0 radical (unpaired) electrons. The zero-order valence-corrected chi connectivity index (χ0v) is 11.4. The van der Waals surface area contributed by atoms with Gasteiger partial charge in [-0.2, -0.15) is 0 Å². The summed E-state index contributed by atoms with van der Waals surface area (Å²) in [6.07, 6.45) is 5.60. The van der Waals surface area contributed by atoms with Crippen molar-refractivity contribution in [2.24, 2.45) is 5.41 Å². The minimum atomic E-state index is 0.383. The van der Waals surface area contributed by atoms with E-state index in [1.807, 2.05) is 0 Å². The van der Waals surface area contributed by atoms with Gasteiger partial charge in [-0.05, 0) is 51.1 Å². The lowest BCUT2D eigenvalue weighted by atomic mass is 9.87. The van der Waals surface area contributed by atoms with Crippen LogP contribution >= 0.6 is 0 Å². The van der Waals surface area contributed by atoms with E-state index >= 15 is 0 Å². The molecule has 2 rings (SSSR count). The van der Waals surface area contributed by atoms with Crippen LogP contribution in [0.5, 0.6) is 0 Å². The molecule has 1 atom stereocenters. The van der Waals surface area contributed by atoms with E-state index in [4.69, 9.17) is 0 Å². The summed E-state index contributed by atoms with van der Waals surface area (Å²) in [5.74, 6) is 0. The summed E-state index contributed by atoms with van der Waals surface area (Å²) >= 11 is 0. The summed E-state index contributed by atoms with van der Waals surface area (Å²) < 4.78 is 0. The van der Waals surface area contributed by atoms with E-state index in [-0.39, 0.29) is 0 Å². The van der Waals surface area contributed by atoms with Crippen LogP contribution in [0.1, 0.15) is 53.4 Å². The third kappa shape index (κ3) is 3.21. The maximum atomic E-state index is 3.81. The van der Waals surface area contributed by atoms with Gasteiger partial charge in [0.2, 0.25) is 0 Å². The van der Waals surface area contributed by atoms with Crippen LogP contribution in [0.25, 0.3) is 0 Å². The molecule has 1 N–H and O–H groups in total. The van der Waals surface area contributed by atoms with Gasteiger partial charge in [0.05, 0.1) is 0 Å². The van der Waals surface area contributed by atoms with Gasteiger partial charge >= 0.3 is 0 Å². The summed E-state index contributed by atoms with van der Waals surface area (Å²) in [4.78, 5) is 2.69. The van der Waals surface area contributed by atoms with E-state index in [0.717, 1.165) is 12.1 Å². The highest BCUT2D eigenvalue weighted by atomic mass is 15.2. The number of nitrogens with one attached hydrogen (secondary N) is 1. The molecule has 1 saturated heterocycles. The highest BCUT2D eigenvalue weighted by Gasteiger charge is 2.32. The van der Waals surface area contributed by atoms with Crippen molar-refractivity contribution >= 4 is 0 Å². The summed E-state index contributed by atoms with van der Waals surface area (Å²) in [5.41, 5.74) is 0.383. The Bertz CT molecular complexity index is 219. The monoisotopic (exact) mass is 224 g/mol. The van der Waals surface area contributed by atoms with Crippen molar-refractivity contribution in [1.82, 2.24) is 10.2 Å². The van der Waals surface area contributed by atoms with Gasteiger partial charge in [0, 0.05) is 18.1 Å². The summed E-state index contributed by atoms with van der Waals surface area (Å²) in [7, 11) is 0. The quantitative estimate of drug-likeness (QED) is 0.793. The standard InChI is InChI=1S/C14H28N2/c1-11(14(2,3)4)15-12-7-9-16(10-8-12)13-5-6-13/h11-13,15H,5-10H2,1-4H3. The first-order chi connectivity index (χ1) is 7.47. The summed E-state index contributed by atoms with van der Waals surface area (Å²) in [5, 5.41) is 3.81. The molecular weight excluding hydrogens is 196 g/mol. The second kappa shape index (κ2) is 4.66. The molecule has 2 aliphatic rings. The van der Waals surface area contributed by atoms with Gasteiger partial charge in [0.15, 0.2) is 0 Å². The van der Waals surface area contributed by atoms with Crippen LogP contribution in [-0.4, -0.2) is 36.1 Å². The average Bonchev–Trinajstić information content (AvgIpc) is 3.01. The van der Waals surface area contributed by atoms with Crippen LogP contribution in [0.15, 0.2) is 0 Å². The number of likely N-dealkylation sites (tertiary alicyclic amines) is 1. The second-order valence-corrected chi connectivity index (χ2v) is 6.80. The van der Waals surface area contributed by atoms with E-state index < -0.39 is 0 Å². The fourth-order valence-corrected chi connectivity index (χ4v) is 2.47. The van der Waals surface area contributed by atoms with Crippen molar-refractivity contribution in [3.63, 3.8) is 0 Å². The number of piperidine rings is 1. The molecule has 1 saturated carbocycles. The molecule has 1 aliphatic carbocycles. The van der Waals surface area contributed by atoms with Gasteiger partial charge in [-0.1, -0.05) is 20.8 Å². The van der Waals surface area contributed by atoms with Gasteiger partial charge in [-0.25, -0.2) is 0 Å². The van der Waals surface area contributed by atoms with E-state index in [1.165, 1.54) is 38.8 Å². The normalized spacial score (nSPS) is 27.0. The van der Waals surface area contributed by atoms with Crippen molar-refractivity contribution in [2.75, 3.05) is 13.1 Å². The Morgan fingerprint density at radius 3 is 2.06 bits per heavy atom. The Hall–Kier alpha value is -0.0800. The molecule has 0 aromatic carbocycles. The Balaban J connectivity index is 1.72. The second-order valence-electron chi connectivity index (χ2n) is 6.80. The molecule has 2 fully saturated rings. The molecule has 0 bridgehead atoms. The minimum absolute atomic E-state index is 0.383. The zero-order valence-electron chi connectivity index (χ0n) is 11.4. The predicted octanol–water partition coefficient (Wildman–Crippen LogP) is 2.64. The lowest BCUT2D eigenvalue weighted by molar-refractivity contribution is 0.165. The summed E-state index contributed by atoms with van der Waals surface area (Å²) in [6, 6.07) is 2.33. The van der Waals surface area contributed by atoms with Crippen molar-refractivity contribution in [3.05, 3.63) is 0 Å². The Morgan fingerprint density at radius 1 is 1.06 bits per heavy atom. The molecule has 16 heavy (non-hydrogen) atoms. The first-order valence-corrected chi connectivity index (χ1v) is 6.97. The van der Waals surface area contributed by atoms with E-state index in [1.54, 1.807) is 0 Å². The van der Waals surface area contributed by atoms with Crippen LogP contribution in [0.4, 0.5) is 0 Å². The first kappa shape index (κ1) is 12.4. The number of rotatable bonds is 3. The van der Waals surface area contributed by atoms with E-state index in [2.05, 4.69) is 37.9 Å². The fourth-order valence-electron chi connectivity index (χ4n) is 2.47. The molecule has 1 unspecified atom stereocenters. The van der Waals surface area contributed by atoms with Crippen LogP contribution < -0.4 is 5.32 Å². The highest BCUT2D eigenvalue weighted by Crippen LogP contribution is 2.29. The van der Waals surface area contributed by atoms with Gasteiger partial charge in [-0.3, -0.25) is 0 Å². The van der Waals surface area contributed by atoms with Crippen LogP contribution in [0, 0.1) is 5.41 Å². The predicted molar refractivity (Wildman–Crippen MR) is 69.7 cm³/mol. The fraction of sp³-hybridized carbons (Fsp3) is 1.00. The topological polar surface area (TPSA) is 15.3 Å². The maximum absolute atomic E-state index is 3.81. The van der Waals surface area contributed by atoms with Crippen molar-refractivity contribution in [3.8, 4) is 0 Å². The number of hydrogen-bond acceptors (Lipinski definition) is 2. The van der Waals surface area contributed by atoms with E-state index in [9.17, 15) is 0 Å².